The number of carboxylic acid groups (broad SMARTS) is 2. The Kier molecular flexibility index (Phi) is 8.92. The van der Waals surface area contributed by atoms with Gasteiger partial charge < -0.3 is 26.1 Å². The molecule has 200 valence electrons. The number of aliphatic carboxylic acids is 2. The van der Waals surface area contributed by atoms with Crippen LogP contribution in [0.3, 0.4) is 0 Å². The number of hydrogen-bond acceptors (Lipinski definition) is 7. The van der Waals surface area contributed by atoms with Gasteiger partial charge in [0.2, 0.25) is 6.41 Å². The molecule has 0 radical (unpaired) electrons. The van der Waals surface area contributed by atoms with E-state index in [0.29, 0.717) is 54.8 Å². The molecule has 0 aliphatic heterocycles. The minimum Gasteiger partial charge on any atom is -0.478 e. The van der Waals surface area contributed by atoms with E-state index >= 15 is 0 Å². The lowest BCUT2D eigenvalue weighted by molar-refractivity contribution is -0.140. The summed E-state index contributed by atoms with van der Waals surface area (Å²) < 4.78 is 0. The second kappa shape index (κ2) is 11.5. The fraction of sp³-hybridized carbons (Fsp3) is 0.731. The molecule has 1 amide bonds. The predicted octanol–water partition coefficient (Wildman–Crippen LogP) is 2.37. The summed E-state index contributed by atoms with van der Waals surface area (Å²) >= 11 is 0. The zero-order chi connectivity index (χ0) is 26.5. The quantitative estimate of drug-likeness (QED) is 0.177. The number of nitrogens with zero attached hydrogens (tertiary/aromatic N) is 1. The molecule has 10 heteroatoms. The summed E-state index contributed by atoms with van der Waals surface area (Å²) in [6, 6.07) is 0.154. The highest BCUT2D eigenvalue weighted by atomic mass is 16.6. The summed E-state index contributed by atoms with van der Waals surface area (Å²) in [5, 5.41) is 23.1. The Balaban J connectivity index is 0.000000392. The summed E-state index contributed by atoms with van der Waals surface area (Å²) in [4.78, 5) is 48.5. The van der Waals surface area contributed by atoms with Crippen molar-refractivity contribution in [3.8, 4) is 0 Å². The van der Waals surface area contributed by atoms with E-state index in [1.165, 1.54) is 0 Å². The van der Waals surface area contributed by atoms with Gasteiger partial charge in [-0.05, 0) is 74.0 Å². The van der Waals surface area contributed by atoms with Crippen molar-refractivity contribution in [3.63, 3.8) is 0 Å². The largest absolute Gasteiger partial charge is 0.478 e. The molecule has 0 aromatic rings. The number of amides is 1. The maximum Gasteiger partial charge on any atom is 0.328 e. The lowest BCUT2D eigenvalue weighted by Crippen LogP contribution is -2.60. The molecular weight excluding hydrogens is 466 g/mol. The van der Waals surface area contributed by atoms with Crippen LogP contribution in [0.5, 0.6) is 0 Å². The molecule has 0 aromatic carbocycles. The van der Waals surface area contributed by atoms with Crippen molar-refractivity contribution < 1.29 is 34.2 Å². The number of carbonyl (C=O) groups excluding carboxylic acids is 2. The van der Waals surface area contributed by atoms with E-state index in [4.69, 9.17) is 20.8 Å². The number of Topliss-reactive ketones (excluding diaryl/α,β-unsaturated/α-hetero) is 1. The topological polar surface area (TPSA) is 168 Å². The molecule has 0 aromatic heterocycles. The van der Waals surface area contributed by atoms with Crippen LogP contribution in [-0.4, -0.2) is 59.3 Å². The Morgan fingerprint density at radius 2 is 1.81 bits per heavy atom. The number of carbonyl (C=O) groups is 4. The molecule has 4 rings (SSSR count). The zero-order valence-corrected chi connectivity index (χ0v) is 21.2. The fourth-order valence-corrected chi connectivity index (χ4v) is 7.60. The Labute approximate surface area is 211 Å². The first kappa shape index (κ1) is 27.8. The number of nitrogens with two attached hydrogens (primary N) is 1. The van der Waals surface area contributed by atoms with Crippen LogP contribution >= 0.6 is 0 Å². The molecule has 36 heavy (non-hydrogen) atoms. The Morgan fingerprint density at radius 1 is 1.11 bits per heavy atom. The molecule has 4 fully saturated rings. The third kappa shape index (κ3) is 5.63. The third-order valence-electron chi connectivity index (χ3n) is 9.31. The highest BCUT2D eigenvalue weighted by Crippen LogP contribution is 2.65. The van der Waals surface area contributed by atoms with Gasteiger partial charge in [0.1, 0.15) is 12.4 Å². The number of oxime groups is 1. The first-order valence-electron chi connectivity index (χ1n) is 12.8. The third-order valence-corrected chi connectivity index (χ3v) is 9.31. The molecule has 4 saturated carbocycles. The number of nitrogens with one attached hydrogen (secondary N) is 1. The Bertz CT molecular complexity index is 903. The van der Waals surface area contributed by atoms with Crippen molar-refractivity contribution in [2.75, 3.05) is 13.2 Å². The summed E-state index contributed by atoms with van der Waals surface area (Å²) in [6.07, 6.45) is 9.84. The number of hydrogen-bond donors (Lipinski definition) is 4. The molecule has 4 aliphatic carbocycles. The van der Waals surface area contributed by atoms with E-state index < -0.39 is 11.9 Å². The minimum atomic E-state index is -1.26. The van der Waals surface area contributed by atoms with Crippen LogP contribution in [0.4, 0.5) is 0 Å². The van der Waals surface area contributed by atoms with E-state index in [0.717, 1.165) is 63.5 Å². The normalized spacial score (nSPS) is 38.2. The predicted molar refractivity (Wildman–Crippen MR) is 132 cm³/mol. The second-order valence-electron chi connectivity index (χ2n) is 11.0. The van der Waals surface area contributed by atoms with E-state index in [-0.39, 0.29) is 16.9 Å². The number of fused-ring (bicyclic) bond motifs is 5. The lowest BCUT2D eigenvalue weighted by atomic mass is 9.44. The maximum absolute atomic E-state index is 12.6. The molecule has 7 atom stereocenters. The van der Waals surface area contributed by atoms with Gasteiger partial charge in [0.25, 0.3) is 0 Å². The van der Waals surface area contributed by atoms with Gasteiger partial charge in [0.15, 0.2) is 0 Å². The molecular formula is C26H39N3O7. The van der Waals surface area contributed by atoms with Crippen molar-refractivity contribution >= 4 is 29.8 Å². The van der Waals surface area contributed by atoms with Crippen molar-refractivity contribution in [2.24, 2.45) is 45.4 Å². The zero-order valence-electron chi connectivity index (χ0n) is 21.2. The number of carboxylic acids is 2. The molecule has 0 saturated heterocycles. The molecule has 1 unspecified atom stereocenters. The molecule has 5 N–H and O–H groups in total. The molecule has 4 aliphatic rings. The number of ketones is 1. The van der Waals surface area contributed by atoms with Crippen LogP contribution in [-0.2, 0) is 24.0 Å². The average molecular weight is 506 g/mol. The van der Waals surface area contributed by atoms with Crippen LogP contribution < -0.4 is 11.1 Å². The molecule has 10 nitrogen and oxygen atoms in total. The van der Waals surface area contributed by atoms with E-state index in [1.807, 2.05) is 0 Å². The van der Waals surface area contributed by atoms with Crippen molar-refractivity contribution in [2.45, 2.75) is 71.3 Å². The Morgan fingerprint density at radius 3 is 2.42 bits per heavy atom. The average Bonchev–Trinajstić information content (AvgIpc) is 3.13. The smallest absolute Gasteiger partial charge is 0.328 e. The van der Waals surface area contributed by atoms with Gasteiger partial charge >= 0.3 is 11.9 Å². The lowest BCUT2D eigenvalue weighted by Gasteiger charge is -2.61. The fourth-order valence-electron chi connectivity index (χ4n) is 7.60. The van der Waals surface area contributed by atoms with E-state index in [1.54, 1.807) is 0 Å². The maximum atomic E-state index is 12.6. The van der Waals surface area contributed by atoms with Gasteiger partial charge in [0, 0.05) is 36.6 Å². The van der Waals surface area contributed by atoms with Gasteiger partial charge in [-0.1, -0.05) is 19.0 Å². The minimum absolute atomic E-state index is 0.132. The van der Waals surface area contributed by atoms with Crippen molar-refractivity contribution in [1.82, 2.24) is 5.32 Å². The molecule has 0 bridgehead atoms. The van der Waals surface area contributed by atoms with Gasteiger partial charge in [-0.25, -0.2) is 9.59 Å². The molecule has 0 spiro atoms. The van der Waals surface area contributed by atoms with Crippen molar-refractivity contribution in [1.29, 1.82) is 0 Å². The Hall–Kier alpha value is -2.75. The number of rotatable bonds is 7. The van der Waals surface area contributed by atoms with E-state index in [9.17, 15) is 19.2 Å². The standard InChI is InChI=1S/C22H35N3O3.C4H4O4/c1-21-7-5-14(25-28-10-9-23)11-18(21)19(24-13-26)12-15-16-3-4-20(27)22(16,2)8-6-17(15)21;5-3(6)1-2-4(7)8/h13,15-19H,3-12,23H2,1-2H3,(H,24,26);1-2H,(H,5,6)(H,7,8)/b25-14-;2-1+/t15-,16-,17-,18?,19-,21+,22-;/m0./s1. The van der Waals surface area contributed by atoms with Crippen LogP contribution in [0.1, 0.15) is 65.2 Å². The van der Waals surface area contributed by atoms with Gasteiger partial charge in [-0.15, -0.1) is 0 Å². The summed E-state index contributed by atoms with van der Waals surface area (Å²) in [6.45, 7) is 5.56. The van der Waals surface area contributed by atoms with Crippen LogP contribution in [0.15, 0.2) is 17.3 Å². The first-order valence-corrected chi connectivity index (χ1v) is 12.8. The van der Waals surface area contributed by atoms with Gasteiger partial charge in [-0.3, -0.25) is 9.59 Å². The van der Waals surface area contributed by atoms with Gasteiger partial charge in [0.05, 0.1) is 5.71 Å². The summed E-state index contributed by atoms with van der Waals surface area (Å²) in [7, 11) is 0. The van der Waals surface area contributed by atoms with Crippen LogP contribution in [0, 0.1) is 34.5 Å². The summed E-state index contributed by atoms with van der Waals surface area (Å²) in [5.74, 6) is -0.00331. The summed E-state index contributed by atoms with van der Waals surface area (Å²) in [5.41, 5.74) is 6.66. The monoisotopic (exact) mass is 505 g/mol. The van der Waals surface area contributed by atoms with Crippen molar-refractivity contribution in [3.05, 3.63) is 12.2 Å². The molecule has 0 heterocycles. The second-order valence-corrected chi connectivity index (χ2v) is 11.0. The first-order chi connectivity index (χ1) is 17.1. The van der Waals surface area contributed by atoms with E-state index in [2.05, 4.69) is 24.3 Å². The van der Waals surface area contributed by atoms with Crippen LogP contribution in [0.2, 0.25) is 0 Å². The van der Waals surface area contributed by atoms with Gasteiger partial charge in [-0.2, -0.15) is 0 Å². The highest BCUT2D eigenvalue weighted by molar-refractivity contribution is 5.89. The highest BCUT2D eigenvalue weighted by Gasteiger charge is 2.62. The van der Waals surface area contributed by atoms with Crippen LogP contribution in [0.25, 0.3) is 0 Å². The SMILES string of the molecule is C[C@]12CC/C(=N/OCCN)CC1[C@@H](NC=O)C[C@@H]1[C@@H]2CC[C@]2(C)C(=O)CC[C@@H]12.O=C(O)/C=C/C(=O)O.